The zero-order chi connectivity index (χ0) is 36.8. The molecular formula is C52H31N3O. The fourth-order valence-corrected chi connectivity index (χ4v) is 9.44. The second-order valence-electron chi connectivity index (χ2n) is 14.6. The van der Waals surface area contributed by atoms with Gasteiger partial charge >= 0.3 is 0 Å². The van der Waals surface area contributed by atoms with E-state index in [2.05, 4.69) is 170 Å². The number of furan rings is 1. The summed E-state index contributed by atoms with van der Waals surface area (Å²) in [4.78, 5) is 15.6. The maximum absolute atomic E-state index is 6.75. The number of nitrogens with zero attached hydrogens (tertiary/aromatic N) is 3. The SMILES string of the molecule is c1ccc(-c2nc(-c3ccccc3-c3ccc4c(c3)C3(c5ccccc5-4)c4ccccc4-c4oc5ccccc5c43)nc(-c3cccc4ccccc34)n2)cc1. The Balaban J connectivity index is 1.11. The molecule has 10 aromatic rings. The minimum Gasteiger partial charge on any atom is -0.456 e. The molecule has 0 radical (unpaired) electrons. The number of hydrogen-bond donors (Lipinski definition) is 0. The van der Waals surface area contributed by atoms with E-state index < -0.39 is 5.41 Å². The second kappa shape index (κ2) is 11.8. The minimum absolute atomic E-state index is 0.551. The molecule has 0 N–H and O–H groups in total. The standard InChI is InChI=1S/C52H31N3O/c1-2-16-33(17-3-1)49-53-50(55-51(54-49)40-25-14-18-32-15-4-5-19-35(32)40)39-22-7-6-20-36(39)34-29-30-38-37-21-8-11-26-43(37)52(45(38)31-34)44-27-12-9-23-41(44)48-47(52)42-24-10-13-28-46(42)56-48/h1-31H. The van der Waals surface area contributed by atoms with Crippen LogP contribution >= 0.6 is 0 Å². The van der Waals surface area contributed by atoms with E-state index in [0.29, 0.717) is 17.5 Å². The van der Waals surface area contributed by atoms with Gasteiger partial charge in [-0.1, -0.05) is 176 Å². The number of para-hydroxylation sites is 1. The molecule has 2 aliphatic rings. The normalized spacial score (nSPS) is 14.9. The number of benzene rings is 8. The van der Waals surface area contributed by atoms with Gasteiger partial charge in [-0.2, -0.15) is 0 Å². The molecule has 2 aromatic heterocycles. The van der Waals surface area contributed by atoms with E-state index in [1.54, 1.807) is 0 Å². The van der Waals surface area contributed by atoms with Gasteiger partial charge in [0.1, 0.15) is 11.3 Å². The Labute approximate surface area is 323 Å². The van der Waals surface area contributed by atoms with Crippen molar-refractivity contribution in [3.05, 3.63) is 210 Å². The highest BCUT2D eigenvalue weighted by Gasteiger charge is 2.54. The summed E-state index contributed by atoms with van der Waals surface area (Å²) in [6.07, 6.45) is 0. The van der Waals surface area contributed by atoms with E-state index in [0.717, 1.165) is 60.9 Å². The van der Waals surface area contributed by atoms with Crippen molar-refractivity contribution in [2.45, 2.75) is 5.41 Å². The summed E-state index contributed by atoms with van der Waals surface area (Å²) in [6.45, 7) is 0. The van der Waals surface area contributed by atoms with Crippen molar-refractivity contribution in [3.63, 3.8) is 0 Å². The van der Waals surface area contributed by atoms with E-state index in [9.17, 15) is 0 Å². The first-order valence-electron chi connectivity index (χ1n) is 19.0. The van der Waals surface area contributed by atoms with Gasteiger partial charge in [-0.05, 0) is 61.8 Å². The van der Waals surface area contributed by atoms with Crippen molar-refractivity contribution in [2.75, 3.05) is 0 Å². The van der Waals surface area contributed by atoms with E-state index in [1.807, 2.05) is 18.2 Å². The molecule has 0 saturated carbocycles. The quantitative estimate of drug-likeness (QED) is 0.182. The van der Waals surface area contributed by atoms with E-state index in [1.165, 1.54) is 33.4 Å². The largest absolute Gasteiger partial charge is 0.456 e. The van der Waals surface area contributed by atoms with Gasteiger partial charge in [0.2, 0.25) is 0 Å². The molecule has 12 rings (SSSR count). The fourth-order valence-electron chi connectivity index (χ4n) is 9.44. The van der Waals surface area contributed by atoms with Crippen LogP contribution in [0.1, 0.15) is 22.3 Å². The van der Waals surface area contributed by atoms with Crippen molar-refractivity contribution < 1.29 is 4.42 Å². The summed E-state index contributed by atoms with van der Waals surface area (Å²) in [5.41, 5.74) is 14.0. The third kappa shape index (κ3) is 4.27. The highest BCUT2D eigenvalue weighted by molar-refractivity contribution is 6.03. The zero-order valence-electron chi connectivity index (χ0n) is 30.1. The summed E-state index contributed by atoms with van der Waals surface area (Å²) in [5.74, 6) is 2.87. The van der Waals surface area contributed by atoms with Crippen LogP contribution in [0, 0.1) is 0 Å². The summed E-state index contributed by atoms with van der Waals surface area (Å²) in [5, 5.41) is 3.39. The van der Waals surface area contributed by atoms with Crippen molar-refractivity contribution in [2.24, 2.45) is 0 Å². The maximum atomic E-state index is 6.75. The van der Waals surface area contributed by atoms with Crippen molar-refractivity contribution in [3.8, 4) is 67.7 Å². The fraction of sp³-hybridized carbons (Fsp3) is 0.0192. The summed E-state index contributed by atoms with van der Waals surface area (Å²) in [7, 11) is 0. The summed E-state index contributed by atoms with van der Waals surface area (Å²) in [6, 6.07) is 66.5. The monoisotopic (exact) mass is 713 g/mol. The smallest absolute Gasteiger partial charge is 0.164 e. The Morgan fingerprint density at radius 1 is 0.357 bits per heavy atom. The van der Waals surface area contributed by atoms with Crippen LogP contribution in [0.15, 0.2) is 192 Å². The van der Waals surface area contributed by atoms with Gasteiger partial charge in [0.15, 0.2) is 17.5 Å². The van der Waals surface area contributed by atoms with Gasteiger partial charge in [-0.25, -0.2) is 15.0 Å². The van der Waals surface area contributed by atoms with Gasteiger partial charge in [-0.3, -0.25) is 0 Å². The molecule has 1 atom stereocenters. The topological polar surface area (TPSA) is 51.8 Å². The Morgan fingerprint density at radius 3 is 1.77 bits per heavy atom. The number of aromatic nitrogens is 3. The lowest BCUT2D eigenvalue weighted by Crippen LogP contribution is -2.25. The minimum atomic E-state index is -0.551. The Morgan fingerprint density at radius 2 is 0.929 bits per heavy atom. The van der Waals surface area contributed by atoms with Crippen LogP contribution in [0.5, 0.6) is 0 Å². The average Bonchev–Trinajstić information content (AvgIpc) is 3.90. The van der Waals surface area contributed by atoms with Crippen molar-refractivity contribution >= 4 is 21.7 Å². The predicted molar refractivity (Wildman–Crippen MR) is 225 cm³/mol. The van der Waals surface area contributed by atoms with Crippen LogP contribution in [0.3, 0.4) is 0 Å². The summed E-state index contributed by atoms with van der Waals surface area (Å²) >= 11 is 0. The number of fused-ring (bicyclic) bond motifs is 13. The molecule has 4 nitrogen and oxygen atoms in total. The molecule has 2 aliphatic carbocycles. The van der Waals surface area contributed by atoms with Gasteiger partial charge in [-0.15, -0.1) is 0 Å². The molecule has 0 bridgehead atoms. The highest BCUT2D eigenvalue weighted by atomic mass is 16.3. The average molecular weight is 714 g/mol. The molecule has 0 amide bonds. The van der Waals surface area contributed by atoms with Crippen LogP contribution in [0.2, 0.25) is 0 Å². The van der Waals surface area contributed by atoms with E-state index in [-0.39, 0.29) is 0 Å². The third-order valence-corrected chi connectivity index (χ3v) is 11.8. The first-order chi connectivity index (χ1) is 27.8. The Kier molecular flexibility index (Phi) is 6.52. The van der Waals surface area contributed by atoms with Crippen LogP contribution in [0.25, 0.3) is 89.5 Å². The highest BCUT2D eigenvalue weighted by Crippen LogP contribution is 2.65. The molecule has 1 unspecified atom stereocenters. The first kappa shape index (κ1) is 31.0. The lowest BCUT2D eigenvalue weighted by Gasteiger charge is -2.30. The lowest BCUT2D eigenvalue weighted by atomic mass is 9.70. The maximum Gasteiger partial charge on any atom is 0.164 e. The van der Waals surface area contributed by atoms with Gasteiger partial charge in [0.25, 0.3) is 0 Å². The molecule has 8 aromatic carbocycles. The zero-order valence-corrected chi connectivity index (χ0v) is 30.1. The Bertz CT molecular complexity index is 3210. The van der Waals surface area contributed by atoms with Crippen LogP contribution < -0.4 is 0 Å². The van der Waals surface area contributed by atoms with Gasteiger partial charge < -0.3 is 4.42 Å². The molecule has 0 saturated heterocycles. The van der Waals surface area contributed by atoms with Crippen LogP contribution in [-0.2, 0) is 5.41 Å². The predicted octanol–water partition coefficient (Wildman–Crippen LogP) is 12.8. The molecular weight excluding hydrogens is 683 g/mol. The van der Waals surface area contributed by atoms with Crippen LogP contribution in [-0.4, -0.2) is 15.0 Å². The summed E-state index contributed by atoms with van der Waals surface area (Å²) < 4.78 is 6.75. The van der Waals surface area contributed by atoms with Gasteiger partial charge in [0, 0.05) is 33.2 Å². The van der Waals surface area contributed by atoms with Gasteiger partial charge in [0.05, 0.1) is 5.41 Å². The third-order valence-electron chi connectivity index (χ3n) is 11.8. The molecule has 56 heavy (non-hydrogen) atoms. The Hall–Kier alpha value is -7.43. The molecule has 4 heteroatoms. The molecule has 1 spiro atoms. The lowest BCUT2D eigenvalue weighted by molar-refractivity contribution is 0.628. The number of rotatable bonds is 4. The molecule has 2 heterocycles. The number of hydrogen-bond acceptors (Lipinski definition) is 4. The molecule has 0 aliphatic heterocycles. The molecule has 0 fully saturated rings. The van der Waals surface area contributed by atoms with E-state index in [4.69, 9.17) is 19.4 Å². The van der Waals surface area contributed by atoms with E-state index >= 15 is 0 Å². The first-order valence-corrected chi connectivity index (χ1v) is 19.0. The second-order valence-corrected chi connectivity index (χ2v) is 14.6. The van der Waals surface area contributed by atoms with Crippen molar-refractivity contribution in [1.82, 2.24) is 15.0 Å². The molecule has 260 valence electrons. The van der Waals surface area contributed by atoms with Crippen LogP contribution in [0.4, 0.5) is 0 Å². The van der Waals surface area contributed by atoms with Crippen molar-refractivity contribution in [1.29, 1.82) is 0 Å².